The molecule has 7 heteroatoms. The molecule has 1 amide bonds. The van der Waals surface area contributed by atoms with Crippen molar-refractivity contribution >= 4 is 34.0 Å². The number of benzene rings is 2. The van der Waals surface area contributed by atoms with Crippen LogP contribution in [0.5, 0.6) is 0 Å². The van der Waals surface area contributed by atoms with E-state index in [0.29, 0.717) is 16.4 Å². The van der Waals surface area contributed by atoms with Crippen molar-refractivity contribution in [2.24, 2.45) is 0 Å². The standard InChI is InChI=1S/C22H21FN2O3S/c1-4-16-6-9-19(10-7-16)25(15(3)26)22-24-18(13-29-22)12-28-21(27)20-11-17(23)8-5-14(20)2/h5-11,13H,4,12H2,1-3H3. The van der Waals surface area contributed by atoms with Crippen molar-refractivity contribution in [3.8, 4) is 0 Å². The zero-order valence-corrected chi connectivity index (χ0v) is 17.3. The van der Waals surface area contributed by atoms with Gasteiger partial charge in [0.2, 0.25) is 5.91 Å². The van der Waals surface area contributed by atoms with Crippen LogP contribution in [0, 0.1) is 12.7 Å². The predicted molar refractivity (Wildman–Crippen MR) is 111 cm³/mol. The highest BCUT2D eigenvalue weighted by molar-refractivity contribution is 7.14. The first-order valence-corrected chi connectivity index (χ1v) is 10.0. The number of amides is 1. The number of ether oxygens (including phenoxy) is 1. The number of thiazole rings is 1. The first kappa shape index (κ1) is 20.7. The van der Waals surface area contributed by atoms with Crippen molar-refractivity contribution in [3.05, 3.63) is 76.0 Å². The smallest absolute Gasteiger partial charge is 0.338 e. The molecule has 1 heterocycles. The summed E-state index contributed by atoms with van der Waals surface area (Å²) in [6, 6.07) is 11.7. The van der Waals surface area contributed by atoms with E-state index in [0.717, 1.165) is 18.2 Å². The lowest BCUT2D eigenvalue weighted by Crippen LogP contribution is -2.22. The summed E-state index contributed by atoms with van der Waals surface area (Å²) in [6.45, 7) is 5.19. The van der Waals surface area contributed by atoms with E-state index in [1.54, 1.807) is 12.3 Å². The summed E-state index contributed by atoms with van der Waals surface area (Å²) in [5.41, 5.74) is 3.24. The molecule has 29 heavy (non-hydrogen) atoms. The van der Waals surface area contributed by atoms with Crippen LogP contribution >= 0.6 is 11.3 Å². The first-order chi connectivity index (χ1) is 13.9. The molecular weight excluding hydrogens is 391 g/mol. The van der Waals surface area contributed by atoms with Crippen LogP contribution in [-0.2, 0) is 22.6 Å². The van der Waals surface area contributed by atoms with E-state index in [9.17, 15) is 14.0 Å². The second-order valence-corrected chi connectivity index (χ2v) is 7.37. The van der Waals surface area contributed by atoms with E-state index >= 15 is 0 Å². The van der Waals surface area contributed by atoms with Gasteiger partial charge in [0, 0.05) is 12.3 Å². The maximum absolute atomic E-state index is 13.4. The van der Waals surface area contributed by atoms with Gasteiger partial charge in [-0.1, -0.05) is 25.1 Å². The molecule has 3 aromatic rings. The van der Waals surface area contributed by atoms with Crippen molar-refractivity contribution in [1.29, 1.82) is 0 Å². The monoisotopic (exact) mass is 412 g/mol. The Kier molecular flexibility index (Phi) is 6.39. The lowest BCUT2D eigenvalue weighted by Gasteiger charge is -2.18. The van der Waals surface area contributed by atoms with Crippen molar-refractivity contribution in [2.75, 3.05) is 4.90 Å². The number of halogens is 1. The number of hydrogen-bond donors (Lipinski definition) is 0. The van der Waals surface area contributed by atoms with Gasteiger partial charge >= 0.3 is 5.97 Å². The normalized spacial score (nSPS) is 10.6. The third-order valence-electron chi connectivity index (χ3n) is 4.42. The highest BCUT2D eigenvalue weighted by Gasteiger charge is 2.19. The molecular formula is C22H21FN2O3S. The number of rotatable bonds is 6. The molecule has 150 valence electrons. The minimum absolute atomic E-state index is 0.0637. The van der Waals surface area contributed by atoms with Crippen LogP contribution in [0.25, 0.3) is 0 Å². The molecule has 0 unspecified atom stereocenters. The average Bonchev–Trinajstić information content (AvgIpc) is 3.16. The molecule has 5 nitrogen and oxygen atoms in total. The van der Waals surface area contributed by atoms with Crippen molar-refractivity contribution < 1.29 is 18.7 Å². The zero-order chi connectivity index (χ0) is 21.0. The number of aromatic nitrogens is 1. The Hall–Kier alpha value is -3.06. The number of anilines is 2. The zero-order valence-electron chi connectivity index (χ0n) is 16.4. The number of esters is 1. The highest BCUT2D eigenvalue weighted by atomic mass is 32.1. The maximum atomic E-state index is 13.4. The molecule has 0 bridgehead atoms. The van der Waals surface area contributed by atoms with E-state index in [1.165, 1.54) is 40.9 Å². The van der Waals surface area contributed by atoms with E-state index < -0.39 is 11.8 Å². The Balaban J connectivity index is 1.73. The molecule has 0 saturated heterocycles. The van der Waals surface area contributed by atoms with Gasteiger partial charge < -0.3 is 4.74 Å². The lowest BCUT2D eigenvalue weighted by atomic mass is 10.1. The highest BCUT2D eigenvalue weighted by Crippen LogP contribution is 2.29. The minimum Gasteiger partial charge on any atom is -0.456 e. The molecule has 0 aliphatic carbocycles. The van der Waals surface area contributed by atoms with Crippen LogP contribution in [0.15, 0.2) is 47.8 Å². The topological polar surface area (TPSA) is 59.5 Å². The van der Waals surface area contributed by atoms with Gasteiger partial charge in [-0.05, 0) is 48.7 Å². The summed E-state index contributed by atoms with van der Waals surface area (Å²) >= 11 is 1.29. The molecule has 0 atom stereocenters. The van der Waals surface area contributed by atoms with E-state index in [-0.39, 0.29) is 18.1 Å². The van der Waals surface area contributed by atoms with Crippen LogP contribution in [0.2, 0.25) is 0 Å². The van der Waals surface area contributed by atoms with E-state index in [2.05, 4.69) is 11.9 Å². The van der Waals surface area contributed by atoms with Crippen LogP contribution in [0.1, 0.15) is 41.0 Å². The summed E-state index contributed by atoms with van der Waals surface area (Å²) in [5, 5.41) is 2.23. The van der Waals surface area contributed by atoms with Gasteiger partial charge in [0.15, 0.2) is 5.13 Å². The van der Waals surface area contributed by atoms with E-state index in [1.807, 2.05) is 24.3 Å². The Labute approximate surface area is 172 Å². The summed E-state index contributed by atoms with van der Waals surface area (Å²) in [4.78, 5) is 30.4. The Bertz CT molecular complexity index is 1030. The maximum Gasteiger partial charge on any atom is 0.338 e. The fourth-order valence-electron chi connectivity index (χ4n) is 2.80. The van der Waals surface area contributed by atoms with Crippen LogP contribution in [-0.4, -0.2) is 16.9 Å². The molecule has 0 aliphatic rings. The van der Waals surface area contributed by atoms with Gasteiger partial charge in [-0.15, -0.1) is 11.3 Å². The molecule has 3 rings (SSSR count). The largest absolute Gasteiger partial charge is 0.456 e. The van der Waals surface area contributed by atoms with Gasteiger partial charge in [-0.3, -0.25) is 9.69 Å². The quantitative estimate of drug-likeness (QED) is 0.523. The molecule has 0 fully saturated rings. The summed E-state index contributed by atoms with van der Waals surface area (Å²) in [5.74, 6) is -1.28. The molecule has 0 N–H and O–H groups in total. The second-order valence-electron chi connectivity index (χ2n) is 6.53. The Morgan fingerprint density at radius 2 is 1.90 bits per heavy atom. The predicted octanol–water partition coefficient (Wildman–Crippen LogP) is 5.19. The molecule has 0 saturated carbocycles. The van der Waals surface area contributed by atoms with Crippen molar-refractivity contribution in [3.63, 3.8) is 0 Å². The second kappa shape index (κ2) is 8.96. The number of hydrogen-bond acceptors (Lipinski definition) is 5. The molecule has 2 aromatic carbocycles. The lowest BCUT2D eigenvalue weighted by molar-refractivity contribution is -0.115. The summed E-state index contributed by atoms with van der Waals surface area (Å²) in [7, 11) is 0. The third kappa shape index (κ3) is 4.86. The van der Waals surface area contributed by atoms with Gasteiger partial charge in [0.1, 0.15) is 12.4 Å². The first-order valence-electron chi connectivity index (χ1n) is 9.16. The number of carbonyl (C=O) groups is 2. The van der Waals surface area contributed by atoms with Crippen LogP contribution in [0.3, 0.4) is 0 Å². The van der Waals surface area contributed by atoms with Crippen molar-refractivity contribution in [2.45, 2.75) is 33.8 Å². The Morgan fingerprint density at radius 3 is 2.55 bits per heavy atom. The number of aryl methyl sites for hydroxylation is 2. The number of nitrogens with zero attached hydrogens (tertiary/aromatic N) is 2. The molecule has 0 spiro atoms. The number of carbonyl (C=O) groups excluding carboxylic acids is 2. The van der Waals surface area contributed by atoms with Crippen LogP contribution < -0.4 is 4.90 Å². The third-order valence-corrected chi connectivity index (χ3v) is 5.29. The minimum atomic E-state index is -0.616. The van der Waals surface area contributed by atoms with Gasteiger partial charge in [0.25, 0.3) is 0 Å². The SMILES string of the molecule is CCc1ccc(N(C(C)=O)c2nc(COC(=O)c3cc(F)ccc3C)cs2)cc1. The van der Waals surface area contributed by atoms with Crippen molar-refractivity contribution in [1.82, 2.24) is 4.98 Å². The van der Waals surface area contributed by atoms with Crippen LogP contribution in [0.4, 0.5) is 15.2 Å². The fourth-order valence-corrected chi connectivity index (χ4v) is 3.68. The summed E-state index contributed by atoms with van der Waals surface area (Å²) in [6.07, 6.45) is 0.915. The van der Waals surface area contributed by atoms with Gasteiger partial charge in [0.05, 0.1) is 16.9 Å². The fraction of sp³-hybridized carbons (Fsp3) is 0.227. The molecule has 0 aliphatic heterocycles. The van der Waals surface area contributed by atoms with Gasteiger partial charge in [-0.25, -0.2) is 14.2 Å². The van der Waals surface area contributed by atoms with E-state index in [4.69, 9.17) is 4.74 Å². The summed E-state index contributed by atoms with van der Waals surface area (Å²) < 4.78 is 18.7. The van der Waals surface area contributed by atoms with Gasteiger partial charge in [-0.2, -0.15) is 0 Å². The molecule has 0 radical (unpaired) electrons. The Morgan fingerprint density at radius 1 is 1.17 bits per heavy atom. The molecule has 1 aromatic heterocycles. The average molecular weight is 412 g/mol.